The number of nitrogens with zero attached hydrogens (tertiary/aromatic N) is 2. The van der Waals surface area contributed by atoms with Crippen LogP contribution in [0.5, 0.6) is 5.75 Å². The highest BCUT2D eigenvalue weighted by Gasteiger charge is 2.17. The highest BCUT2D eigenvalue weighted by atomic mass is 35.5. The minimum Gasteiger partial charge on any atom is -0.492 e. The molecule has 2 heterocycles. The Hall–Kier alpha value is -2.40. The SMILES string of the molecule is Cc1cc(-c2ccc(-c3ccc(Cl)cc3)cn2)ccc1OCCN1CCCC(O)C1. The van der Waals surface area contributed by atoms with Crippen LogP contribution in [0.3, 0.4) is 0 Å². The van der Waals surface area contributed by atoms with E-state index in [1.165, 1.54) is 0 Å². The first-order chi connectivity index (χ1) is 14.6. The van der Waals surface area contributed by atoms with Gasteiger partial charge in [-0.1, -0.05) is 29.8 Å². The lowest BCUT2D eigenvalue weighted by Gasteiger charge is -2.29. The smallest absolute Gasteiger partial charge is 0.122 e. The summed E-state index contributed by atoms with van der Waals surface area (Å²) in [4.78, 5) is 6.91. The molecule has 0 amide bonds. The summed E-state index contributed by atoms with van der Waals surface area (Å²) in [7, 11) is 0. The Morgan fingerprint density at radius 2 is 1.83 bits per heavy atom. The number of pyridine rings is 1. The van der Waals surface area contributed by atoms with Crippen molar-refractivity contribution >= 4 is 11.6 Å². The van der Waals surface area contributed by atoms with E-state index in [1.807, 2.05) is 42.6 Å². The van der Waals surface area contributed by atoms with E-state index < -0.39 is 0 Å². The predicted octanol–water partition coefficient (Wildman–Crippen LogP) is 5.21. The third-order valence-electron chi connectivity index (χ3n) is 5.56. The first kappa shape index (κ1) is 20.9. The molecule has 3 aromatic rings. The van der Waals surface area contributed by atoms with Gasteiger partial charge >= 0.3 is 0 Å². The van der Waals surface area contributed by atoms with Crippen LogP contribution in [-0.2, 0) is 0 Å². The predicted molar refractivity (Wildman–Crippen MR) is 122 cm³/mol. The summed E-state index contributed by atoms with van der Waals surface area (Å²) in [5, 5.41) is 10.5. The van der Waals surface area contributed by atoms with E-state index in [4.69, 9.17) is 16.3 Å². The van der Waals surface area contributed by atoms with Crippen molar-refractivity contribution in [3.8, 4) is 28.1 Å². The van der Waals surface area contributed by atoms with Crippen molar-refractivity contribution in [3.05, 3.63) is 71.4 Å². The first-order valence-electron chi connectivity index (χ1n) is 10.4. The third-order valence-corrected chi connectivity index (χ3v) is 5.81. The van der Waals surface area contributed by atoms with Crippen molar-refractivity contribution in [3.63, 3.8) is 0 Å². The third kappa shape index (κ3) is 5.20. The molecule has 1 aliphatic heterocycles. The van der Waals surface area contributed by atoms with Gasteiger partial charge in [-0.2, -0.15) is 0 Å². The lowest BCUT2D eigenvalue weighted by atomic mass is 10.0. The van der Waals surface area contributed by atoms with E-state index in [-0.39, 0.29) is 6.10 Å². The lowest BCUT2D eigenvalue weighted by Crippen LogP contribution is -2.40. The van der Waals surface area contributed by atoms with Crippen molar-refractivity contribution < 1.29 is 9.84 Å². The molecule has 1 unspecified atom stereocenters. The van der Waals surface area contributed by atoms with Gasteiger partial charge in [0.25, 0.3) is 0 Å². The Labute approximate surface area is 183 Å². The monoisotopic (exact) mass is 422 g/mol. The summed E-state index contributed by atoms with van der Waals surface area (Å²) in [6, 6.07) is 18.1. The summed E-state index contributed by atoms with van der Waals surface area (Å²) >= 11 is 5.97. The quantitative estimate of drug-likeness (QED) is 0.592. The van der Waals surface area contributed by atoms with Gasteiger partial charge in [-0.15, -0.1) is 0 Å². The van der Waals surface area contributed by atoms with E-state index >= 15 is 0 Å². The largest absolute Gasteiger partial charge is 0.492 e. The molecule has 1 fully saturated rings. The zero-order valence-corrected chi connectivity index (χ0v) is 18.0. The van der Waals surface area contributed by atoms with Gasteiger partial charge in [0, 0.05) is 35.4 Å². The second kappa shape index (κ2) is 9.61. The number of ether oxygens (including phenoxy) is 1. The van der Waals surface area contributed by atoms with Gasteiger partial charge in [0.05, 0.1) is 11.8 Å². The number of rotatable bonds is 6. The van der Waals surface area contributed by atoms with Gasteiger partial charge in [0.15, 0.2) is 0 Å². The molecule has 1 N–H and O–H groups in total. The maximum absolute atomic E-state index is 9.78. The summed E-state index contributed by atoms with van der Waals surface area (Å²) in [5.41, 5.74) is 5.26. The highest BCUT2D eigenvalue weighted by Crippen LogP contribution is 2.27. The minimum absolute atomic E-state index is 0.196. The molecule has 0 bridgehead atoms. The number of β-amino-alcohol motifs (C(OH)–C–C–N with tert-alkyl or cyclic N) is 1. The van der Waals surface area contributed by atoms with E-state index in [0.717, 1.165) is 71.2 Å². The molecule has 0 aliphatic carbocycles. The van der Waals surface area contributed by atoms with E-state index in [2.05, 4.69) is 35.0 Å². The summed E-state index contributed by atoms with van der Waals surface area (Å²) in [6.07, 6.45) is 3.66. The number of aryl methyl sites for hydroxylation is 1. The number of aromatic nitrogens is 1. The Morgan fingerprint density at radius 1 is 1.07 bits per heavy atom. The molecule has 4 rings (SSSR count). The summed E-state index contributed by atoms with van der Waals surface area (Å²) in [6.45, 7) is 5.31. The fraction of sp³-hybridized carbons (Fsp3) is 0.320. The zero-order chi connectivity index (χ0) is 20.9. The Morgan fingerprint density at radius 3 is 2.53 bits per heavy atom. The van der Waals surface area contributed by atoms with Crippen LogP contribution in [0.15, 0.2) is 60.8 Å². The van der Waals surface area contributed by atoms with Gasteiger partial charge in [-0.05, 0) is 73.8 Å². The molecule has 1 aromatic heterocycles. The van der Waals surface area contributed by atoms with Crippen LogP contribution in [0, 0.1) is 6.92 Å². The number of likely N-dealkylation sites (tertiary alicyclic amines) is 1. The fourth-order valence-electron chi connectivity index (χ4n) is 3.87. The maximum Gasteiger partial charge on any atom is 0.122 e. The second-order valence-electron chi connectivity index (χ2n) is 7.86. The highest BCUT2D eigenvalue weighted by molar-refractivity contribution is 6.30. The van der Waals surface area contributed by atoms with Gasteiger partial charge in [-0.25, -0.2) is 0 Å². The van der Waals surface area contributed by atoms with Crippen molar-refractivity contribution in [1.29, 1.82) is 0 Å². The standard InChI is InChI=1S/C25H27ClN2O2/c1-18-15-20(7-11-25(18)30-14-13-28-12-2-3-23(29)17-28)24-10-6-21(16-27-24)19-4-8-22(26)9-5-19/h4-11,15-16,23,29H,2-3,12-14,17H2,1H3. The number of hydrogen-bond acceptors (Lipinski definition) is 4. The summed E-state index contributed by atoms with van der Waals surface area (Å²) < 4.78 is 6.00. The normalized spacial score (nSPS) is 17.1. The van der Waals surface area contributed by atoms with Crippen LogP contribution in [0.25, 0.3) is 22.4 Å². The molecule has 2 aromatic carbocycles. The van der Waals surface area contributed by atoms with Gasteiger partial charge in [0.2, 0.25) is 0 Å². The Balaban J connectivity index is 1.38. The lowest BCUT2D eigenvalue weighted by molar-refractivity contribution is 0.0632. The van der Waals surface area contributed by atoms with Crippen LogP contribution in [0.2, 0.25) is 5.02 Å². The molecule has 5 heteroatoms. The number of aliphatic hydroxyl groups is 1. The molecule has 30 heavy (non-hydrogen) atoms. The second-order valence-corrected chi connectivity index (χ2v) is 8.30. The molecular formula is C25H27ClN2O2. The van der Waals surface area contributed by atoms with Crippen LogP contribution >= 0.6 is 11.6 Å². The number of hydrogen-bond donors (Lipinski definition) is 1. The molecular weight excluding hydrogens is 396 g/mol. The number of halogens is 1. The average molecular weight is 423 g/mol. The Kier molecular flexibility index (Phi) is 6.68. The van der Waals surface area contributed by atoms with Gasteiger partial charge < -0.3 is 9.84 Å². The zero-order valence-electron chi connectivity index (χ0n) is 17.2. The van der Waals surface area contributed by atoms with Crippen molar-refractivity contribution in [2.24, 2.45) is 0 Å². The number of aliphatic hydroxyl groups excluding tert-OH is 1. The van der Waals surface area contributed by atoms with Crippen LogP contribution in [0.4, 0.5) is 0 Å². The van der Waals surface area contributed by atoms with Crippen molar-refractivity contribution in [2.75, 3.05) is 26.2 Å². The van der Waals surface area contributed by atoms with E-state index in [9.17, 15) is 5.11 Å². The molecule has 0 saturated carbocycles. The molecule has 1 atom stereocenters. The Bertz CT molecular complexity index is 973. The van der Waals surface area contributed by atoms with Crippen molar-refractivity contribution in [1.82, 2.24) is 9.88 Å². The molecule has 4 nitrogen and oxygen atoms in total. The van der Waals surface area contributed by atoms with Crippen LogP contribution in [-0.4, -0.2) is 47.3 Å². The topological polar surface area (TPSA) is 45.6 Å². The van der Waals surface area contributed by atoms with Crippen LogP contribution < -0.4 is 4.74 Å². The maximum atomic E-state index is 9.78. The molecule has 156 valence electrons. The van der Waals surface area contributed by atoms with Crippen molar-refractivity contribution in [2.45, 2.75) is 25.9 Å². The number of piperidine rings is 1. The van der Waals surface area contributed by atoms with Gasteiger partial charge in [-0.3, -0.25) is 9.88 Å². The van der Waals surface area contributed by atoms with E-state index in [1.54, 1.807) is 0 Å². The average Bonchev–Trinajstić information content (AvgIpc) is 2.76. The molecule has 0 radical (unpaired) electrons. The molecule has 1 aliphatic rings. The molecule has 0 spiro atoms. The van der Waals surface area contributed by atoms with E-state index in [0.29, 0.717) is 6.61 Å². The number of benzene rings is 2. The van der Waals surface area contributed by atoms with Crippen LogP contribution in [0.1, 0.15) is 18.4 Å². The fourth-order valence-corrected chi connectivity index (χ4v) is 3.99. The molecule has 1 saturated heterocycles. The minimum atomic E-state index is -0.196. The summed E-state index contributed by atoms with van der Waals surface area (Å²) in [5.74, 6) is 0.897. The first-order valence-corrected chi connectivity index (χ1v) is 10.8. The van der Waals surface area contributed by atoms with Gasteiger partial charge in [0.1, 0.15) is 12.4 Å².